The molecule has 0 aliphatic carbocycles. The fourth-order valence-corrected chi connectivity index (χ4v) is 3.58. The van der Waals surface area contributed by atoms with Crippen LogP contribution in [0.15, 0.2) is 59.4 Å². The molecule has 0 fully saturated rings. The first-order chi connectivity index (χ1) is 12.7. The van der Waals surface area contributed by atoms with E-state index in [0.717, 1.165) is 32.5 Å². The van der Waals surface area contributed by atoms with E-state index >= 15 is 0 Å². The standard InChI is InChI=1S/C20H16N2O3S/c1-13-12-22-16(9-10-17(23)18-4-3-11-25-18)19(21-20(22)26-13)14-5-7-15(24-2)8-6-14/h3-12H,1-2H3/b10-9+. The molecule has 0 saturated heterocycles. The Morgan fingerprint density at radius 3 is 2.77 bits per heavy atom. The number of carbonyl (C=O) groups excluding carboxylic acids is 1. The number of nitrogens with zero attached hydrogens (tertiary/aromatic N) is 2. The molecular formula is C20H16N2O3S. The van der Waals surface area contributed by atoms with E-state index in [0.29, 0.717) is 5.76 Å². The van der Waals surface area contributed by atoms with Crippen LogP contribution in [0.1, 0.15) is 21.1 Å². The fourth-order valence-electron chi connectivity index (χ4n) is 2.75. The van der Waals surface area contributed by atoms with Gasteiger partial charge in [0.1, 0.15) is 5.75 Å². The van der Waals surface area contributed by atoms with Crippen LogP contribution in [0.4, 0.5) is 0 Å². The molecule has 0 saturated carbocycles. The van der Waals surface area contributed by atoms with Gasteiger partial charge in [0.25, 0.3) is 0 Å². The minimum Gasteiger partial charge on any atom is -0.497 e. The minimum atomic E-state index is -0.183. The zero-order valence-electron chi connectivity index (χ0n) is 14.3. The lowest BCUT2D eigenvalue weighted by molar-refractivity contribution is 0.102. The maximum Gasteiger partial charge on any atom is 0.221 e. The summed E-state index contributed by atoms with van der Waals surface area (Å²) >= 11 is 1.61. The van der Waals surface area contributed by atoms with Gasteiger partial charge in [0.05, 0.1) is 24.8 Å². The fraction of sp³-hybridized carbons (Fsp3) is 0.100. The zero-order chi connectivity index (χ0) is 18.1. The molecule has 3 aromatic heterocycles. The van der Waals surface area contributed by atoms with Gasteiger partial charge in [-0.1, -0.05) is 0 Å². The highest BCUT2D eigenvalue weighted by Crippen LogP contribution is 2.30. The topological polar surface area (TPSA) is 56.7 Å². The number of ether oxygens (including phenoxy) is 1. The number of furan rings is 1. The number of benzene rings is 1. The van der Waals surface area contributed by atoms with Crippen LogP contribution in [0.3, 0.4) is 0 Å². The number of carbonyl (C=O) groups is 1. The van der Waals surface area contributed by atoms with E-state index in [-0.39, 0.29) is 5.78 Å². The summed E-state index contributed by atoms with van der Waals surface area (Å²) in [5, 5.41) is 0. The first kappa shape index (κ1) is 16.4. The van der Waals surface area contributed by atoms with Gasteiger partial charge in [-0.15, -0.1) is 11.3 Å². The van der Waals surface area contributed by atoms with Crippen molar-refractivity contribution < 1.29 is 13.9 Å². The number of hydrogen-bond acceptors (Lipinski definition) is 5. The van der Waals surface area contributed by atoms with Crippen molar-refractivity contribution in [1.82, 2.24) is 9.38 Å². The van der Waals surface area contributed by atoms with Gasteiger partial charge in [-0.25, -0.2) is 4.98 Å². The van der Waals surface area contributed by atoms with Crippen LogP contribution in [0.2, 0.25) is 0 Å². The van der Waals surface area contributed by atoms with E-state index in [1.807, 2.05) is 41.8 Å². The first-order valence-corrected chi connectivity index (χ1v) is 8.86. The van der Waals surface area contributed by atoms with Crippen LogP contribution in [0.5, 0.6) is 5.75 Å². The maximum atomic E-state index is 12.2. The van der Waals surface area contributed by atoms with Crippen molar-refractivity contribution in [2.45, 2.75) is 6.92 Å². The number of imidazole rings is 1. The van der Waals surface area contributed by atoms with Crippen LogP contribution in [-0.4, -0.2) is 22.3 Å². The van der Waals surface area contributed by atoms with Gasteiger partial charge in [0.2, 0.25) is 5.78 Å². The minimum absolute atomic E-state index is 0.183. The van der Waals surface area contributed by atoms with Gasteiger partial charge in [-0.3, -0.25) is 9.20 Å². The van der Waals surface area contributed by atoms with Gasteiger partial charge in [0.15, 0.2) is 10.7 Å². The number of thiazole rings is 1. The van der Waals surface area contributed by atoms with Crippen LogP contribution in [0.25, 0.3) is 22.3 Å². The number of aromatic nitrogens is 2. The molecule has 5 nitrogen and oxygen atoms in total. The molecular weight excluding hydrogens is 348 g/mol. The van der Waals surface area contributed by atoms with E-state index in [2.05, 4.69) is 0 Å². The Morgan fingerprint density at radius 2 is 2.08 bits per heavy atom. The second kappa shape index (κ2) is 6.65. The number of rotatable bonds is 5. The van der Waals surface area contributed by atoms with Crippen molar-refractivity contribution in [2.24, 2.45) is 0 Å². The predicted molar refractivity (Wildman–Crippen MR) is 102 cm³/mol. The van der Waals surface area contributed by atoms with Gasteiger partial charge >= 0.3 is 0 Å². The smallest absolute Gasteiger partial charge is 0.221 e. The SMILES string of the molecule is COc1ccc(-c2nc3sc(C)cn3c2/C=C/C(=O)c2ccco2)cc1. The molecule has 4 aromatic rings. The lowest BCUT2D eigenvalue weighted by Crippen LogP contribution is -1.92. The summed E-state index contributed by atoms with van der Waals surface area (Å²) in [6, 6.07) is 11.1. The lowest BCUT2D eigenvalue weighted by Gasteiger charge is -2.03. The molecule has 0 radical (unpaired) electrons. The highest BCUT2D eigenvalue weighted by molar-refractivity contribution is 7.17. The largest absolute Gasteiger partial charge is 0.497 e. The van der Waals surface area contributed by atoms with E-state index < -0.39 is 0 Å². The molecule has 0 aliphatic heterocycles. The Morgan fingerprint density at radius 1 is 1.27 bits per heavy atom. The number of ketones is 1. The summed E-state index contributed by atoms with van der Waals surface area (Å²) in [5.74, 6) is 0.919. The average molecular weight is 364 g/mol. The summed E-state index contributed by atoms with van der Waals surface area (Å²) < 4.78 is 12.4. The second-order valence-electron chi connectivity index (χ2n) is 5.74. The Bertz CT molecular complexity index is 1090. The predicted octanol–water partition coefficient (Wildman–Crippen LogP) is 4.87. The molecule has 26 heavy (non-hydrogen) atoms. The molecule has 0 N–H and O–H groups in total. The number of aryl methyl sites for hydroxylation is 1. The molecule has 0 aliphatic rings. The number of allylic oxidation sites excluding steroid dienone is 1. The van der Waals surface area contributed by atoms with Crippen LogP contribution in [-0.2, 0) is 0 Å². The quantitative estimate of drug-likeness (QED) is 0.374. The molecule has 3 heterocycles. The number of fused-ring (bicyclic) bond motifs is 1. The first-order valence-electron chi connectivity index (χ1n) is 8.04. The lowest BCUT2D eigenvalue weighted by atomic mass is 10.1. The molecule has 0 amide bonds. The van der Waals surface area contributed by atoms with Crippen LogP contribution >= 0.6 is 11.3 Å². The normalized spacial score (nSPS) is 11.5. The summed E-state index contributed by atoms with van der Waals surface area (Å²) in [6.45, 7) is 2.04. The molecule has 0 atom stereocenters. The molecule has 6 heteroatoms. The molecule has 4 rings (SSSR count). The Hall–Kier alpha value is -3.12. The highest BCUT2D eigenvalue weighted by atomic mass is 32.1. The Kier molecular flexibility index (Phi) is 4.18. The van der Waals surface area contributed by atoms with E-state index in [9.17, 15) is 4.79 Å². The van der Waals surface area contributed by atoms with E-state index in [1.54, 1.807) is 36.7 Å². The summed E-state index contributed by atoms with van der Waals surface area (Å²) in [6.07, 6.45) is 6.82. The number of hydrogen-bond donors (Lipinski definition) is 0. The van der Waals surface area contributed by atoms with Gasteiger partial charge in [0, 0.05) is 16.6 Å². The summed E-state index contributed by atoms with van der Waals surface area (Å²) in [4.78, 5) is 19.0. The van der Waals surface area contributed by atoms with Crippen molar-refractivity contribution >= 4 is 28.2 Å². The van der Waals surface area contributed by atoms with Crippen LogP contribution < -0.4 is 4.74 Å². The monoisotopic (exact) mass is 364 g/mol. The van der Waals surface area contributed by atoms with Gasteiger partial charge < -0.3 is 9.15 Å². The van der Waals surface area contributed by atoms with E-state index in [4.69, 9.17) is 14.1 Å². The molecule has 1 aromatic carbocycles. The third kappa shape index (κ3) is 2.95. The molecule has 130 valence electrons. The van der Waals surface area contributed by atoms with Crippen LogP contribution in [0, 0.1) is 6.92 Å². The Balaban J connectivity index is 1.79. The summed E-state index contributed by atoms with van der Waals surface area (Å²) in [7, 11) is 1.64. The summed E-state index contributed by atoms with van der Waals surface area (Å²) in [5.41, 5.74) is 2.64. The van der Waals surface area contributed by atoms with Crippen molar-refractivity contribution in [1.29, 1.82) is 0 Å². The molecule has 0 bridgehead atoms. The van der Waals surface area contributed by atoms with E-state index in [1.165, 1.54) is 12.3 Å². The third-order valence-electron chi connectivity index (χ3n) is 4.00. The van der Waals surface area contributed by atoms with Crippen molar-refractivity contribution in [3.8, 4) is 17.0 Å². The highest BCUT2D eigenvalue weighted by Gasteiger charge is 2.15. The zero-order valence-corrected chi connectivity index (χ0v) is 15.1. The molecule has 0 spiro atoms. The molecule has 0 unspecified atom stereocenters. The van der Waals surface area contributed by atoms with Gasteiger partial charge in [-0.05, 0) is 55.5 Å². The van der Waals surface area contributed by atoms with Crippen molar-refractivity contribution in [2.75, 3.05) is 7.11 Å². The maximum absolute atomic E-state index is 12.2. The van der Waals surface area contributed by atoms with Crippen molar-refractivity contribution in [3.05, 3.63) is 71.3 Å². The second-order valence-corrected chi connectivity index (χ2v) is 6.96. The third-order valence-corrected chi connectivity index (χ3v) is 4.90. The number of methoxy groups -OCH3 is 1. The van der Waals surface area contributed by atoms with Crippen molar-refractivity contribution in [3.63, 3.8) is 0 Å². The van der Waals surface area contributed by atoms with Gasteiger partial charge in [-0.2, -0.15) is 0 Å². The average Bonchev–Trinajstić information content (AvgIpc) is 3.36. The Labute approximate surface area is 154 Å².